The van der Waals surface area contributed by atoms with Crippen LogP contribution >= 0.6 is 0 Å². The fourth-order valence-corrected chi connectivity index (χ4v) is 2.31. The first-order chi connectivity index (χ1) is 7.90. The molecular weight excluding hydrogens is 196 g/mol. The molecule has 0 saturated carbocycles. The molecule has 2 N–H and O–H groups in total. The molecule has 1 heterocycles. The summed E-state index contributed by atoms with van der Waals surface area (Å²) >= 11 is 0. The monoisotopic (exact) mass is 218 g/mol. The zero-order chi connectivity index (χ0) is 11.2. The van der Waals surface area contributed by atoms with Crippen LogP contribution in [0.5, 0.6) is 0 Å². The first kappa shape index (κ1) is 11.5. The van der Waals surface area contributed by atoms with Crippen LogP contribution in [0, 0.1) is 0 Å². The third kappa shape index (κ3) is 2.99. The van der Waals surface area contributed by atoms with Crippen LogP contribution in [0.2, 0.25) is 0 Å². The fourth-order valence-electron chi connectivity index (χ4n) is 2.31. The van der Waals surface area contributed by atoms with Gasteiger partial charge >= 0.3 is 0 Å². The molecule has 0 bridgehead atoms. The second-order valence-electron chi connectivity index (χ2n) is 4.60. The molecule has 2 nitrogen and oxygen atoms in total. The minimum atomic E-state index is 0.706. The number of anilines is 1. The summed E-state index contributed by atoms with van der Waals surface area (Å²) in [4.78, 5) is 0. The van der Waals surface area contributed by atoms with Crippen molar-refractivity contribution in [3.63, 3.8) is 0 Å². The molecule has 2 rings (SSSR count). The smallest absolute Gasteiger partial charge is 0.0343 e. The van der Waals surface area contributed by atoms with Crippen LogP contribution in [0.1, 0.15) is 37.7 Å². The average molecular weight is 218 g/mol. The molecule has 0 aromatic heterocycles. The molecule has 1 unspecified atom stereocenters. The van der Waals surface area contributed by atoms with E-state index in [1.807, 2.05) is 0 Å². The molecule has 0 aliphatic carbocycles. The minimum Gasteiger partial charge on any atom is -0.385 e. The van der Waals surface area contributed by atoms with Crippen molar-refractivity contribution in [1.29, 1.82) is 0 Å². The molecular formula is C14H22N2. The van der Waals surface area contributed by atoms with Gasteiger partial charge in [-0.1, -0.05) is 19.1 Å². The second-order valence-corrected chi connectivity index (χ2v) is 4.60. The van der Waals surface area contributed by atoms with Crippen molar-refractivity contribution in [2.24, 2.45) is 0 Å². The summed E-state index contributed by atoms with van der Waals surface area (Å²) in [6, 6.07) is 8.90. The van der Waals surface area contributed by atoms with Crippen molar-refractivity contribution in [2.45, 2.75) is 32.1 Å². The van der Waals surface area contributed by atoms with Gasteiger partial charge in [0.25, 0.3) is 0 Å². The largest absolute Gasteiger partial charge is 0.385 e. The Morgan fingerprint density at radius 3 is 3.12 bits per heavy atom. The molecule has 0 radical (unpaired) electrons. The minimum absolute atomic E-state index is 0.706. The molecule has 1 aliphatic heterocycles. The van der Waals surface area contributed by atoms with Crippen LogP contribution in [0.3, 0.4) is 0 Å². The normalized spacial score (nSPS) is 20.7. The van der Waals surface area contributed by atoms with Crippen LogP contribution in [0.4, 0.5) is 5.69 Å². The van der Waals surface area contributed by atoms with Crippen molar-refractivity contribution < 1.29 is 0 Å². The van der Waals surface area contributed by atoms with Crippen LogP contribution in [0.25, 0.3) is 0 Å². The van der Waals surface area contributed by atoms with E-state index in [2.05, 4.69) is 41.8 Å². The fraction of sp³-hybridized carbons (Fsp3) is 0.571. The third-order valence-corrected chi connectivity index (χ3v) is 3.23. The van der Waals surface area contributed by atoms with E-state index in [1.54, 1.807) is 0 Å². The Labute approximate surface area is 98.4 Å². The standard InChI is InChI=1S/C14H22N2/c1-2-8-16-14-7-3-5-12(10-14)13-6-4-9-15-11-13/h3,5,7,10,13,15-16H,2,4,6,8-9,11H2,1H3. The topological polar surface area (TPSA) is 24.1 Å². The molecule has 1 fully saturated rings. The first-order valence-electron chi connectivity index (χ1n) is 6.44. The Morgan fingerprint density at radius 1 is 1.44 bits per heavy atom. The molecule has 88 valence electrons. The number of hydrogen-bond donors (Lipinski definition) is 2. The van der Waals surface area contributed by atoms with E-state index in [0.717, 1.165) is 13.1 Å². The quantitative estimate of drug-likeness (QED) is 0.812. The molecule has 1 saturated heterocycles. The summed E-state index contributed by atoms with van der Waals surface area (Å²) in [6.07, 6.45) is 3.80. The molecule has 0 spiro atoms. The van der Waals surface area contributed by atoms with E-state index in [-0.39, 0.29) is 0 Å². The van der Waals surface area contributed by atoms with Gasteiger partial charge in [0.1, 0.15) is 0 Å². The third-order valence-electron chi connectivity index (χ3n) is 3.23. The number of benzene rings is 1. The molecule has 1 atom stereocenters. The lowest BCUT2D eigenvalue weighted by atomic mass is 9.91. The van der Waals surface area contributed by atoms with Gasteiger partial charge in [-0.05, 0) is 49.4 Å². The van der Waals surface area contributed by atoms with Gasteiger partial charge in [0, 0.05) is 18.8 Å². The Bertz CT molecular complexity index is 316. The van der Waals surface area contributed by atoms with E-state index in [4.69, 9.17) is 0 Å². The van der Waals surface area contributed by atoms with Gasteiger partial charge in [-0.25, -0.2) is 0 Å². The highest BCUT2D eigenvalue weighted by atomic mass is 14.9. The zero-order valence-electron chi connectivity index (χ0n) is 10.1. The van der Waals surface area contributed by atoms with Crippen LogP contribution in [-0.4, -0.2) is 19.6 Å². The number of nitrogens with one attached hydrogen (secondary N) is 2. The SMILES string of the molecule is CCCNc1cccc(C2CCCNC2)c1. The maximum Gasteiger partial charge on any atom is 0.0343 e. The molecule has 1 aromatic rings. The lowest BCUT2D eigenvalue weighted by Crippen LogP contribution is -2.28. The predicted molar refractivity (Wildman–Crippen MR) is 70.1 cm³/mol. The molecule has 2 heteroatoms. The highest BCUT2D eigenvalue weighted by Crippen LogP contribution is 2.25. The first-order valence-corrected chi connectivity index (χ1v) is 6.44. The lowest BCUT2D eigenvalue weighted by Gasteiger charge is -2.23. The Hall–Kier alpha value is -1.02. The number of rotatable bonds is 4. The maximum atomic E-state index is 3.48. The van der Waals surface area contributed by atoms with Gasteiger partial charge in [0.15, 0.2) is 0 Å². The van der Waals surface area contributed by atoms with E-state index in [9.17, 15) is 0 Å². The van der Waals surface area contributed by atoms with Crippen molar-refractivity contribution in [1.82, 2.24) is 5.32 Å². The maximum absolute atomic E-state index is 3.48. The van der Waals surface area contributed by atoms with E-state index >= 15 is 0 Å². The van der Waals surface area contributed by atoms with Crippen LogP contribution in [-0.2, 0) is 0 Å². The van der Waals surface area contributed by atoms with Crippen molar-refractivity contribution in [3.8, 4) is 0 Å². The summed E-state index contributed by atoms with van der Waals surface area (Å²) in [5, 5.41) is 6.93. The summed E-state index contributed by atoms with van der Waals surface area (Å²) in [7, 11) is 0. The number of hydrogen-bond acceptors (Lipinski definition) is 2. The van der Waals surface area contributed by atoms with E-state index < -0.39 is 0 Å². The van der Waals surface area contributed by atoms with Gasteiger partial charge in [0.2, 0.25) is 0 Å². The van der Waals surface area contributed by atoms with Gasteiger partial charge < -0.3 is 10.6 Å². The summed E-state index contributed by atoms with van der Waals surface area (Å²) in [5.74, 6) is 0.706. The second kappa shape index (κ2) is 5.90. The van der Waals surface area contributed by atoms with E-state index in [0.29, 0.717) is 5.92 Å². The summed E-state index contributed by atoms with van der Waals surface area (Å²) in [6.45, 7) is 5.58. The Morgan fingerprint density at radius 2 is 2.38 bits per heavy atom. The van der Waals surface area contributed by atoms with Crippen molar-refractivity contribution >= 4 is 5.69 Å². The van der Waals surface area contributed by atoms with Crippen molar-refractivity contribution in [3.05, 3.63) is 29.8 Å². The Kier molecular flexibility index (Phi) is 4.23. The highest BCUT2D eigenvalue weighted by Gasteiger charge is 2.14. The molecule has 16 heavy (non-hydrogen) atoms. The van der Waals surface area contributed by atoms with Gasteiger partial charge in [-0.2, -0.15) is 0 Å². The lowest BCUT2D eigenvalue weighted by molar-refractivity contribution is 0.462. The van der Waals surface area contributed by atoms with Crippen LogP contribution < -0.4 is 10.6 Å². The van der Waals surface area contributed by atoms with Gasteiger partial charge in [0.05, 0.1) is 0 Å². The Balaban J connectivity index is 2.02. The van der Waals surface area contributed by atoms with Gasteiger partial charge in [-0.3, -0.25) is 0 Å². The summed E-state index contributed by atoms with van der Waals surface area (Å²) < 4.78 is 0. The summed E-state index contributed by atoms with van der Waals surface area (Å²) in [5.41, 5.74) is 2.75. The highest BCUT2D eigenvalue weighted by molar-refractivity contribution is 5.46. The molecule has 1 aliphatic rings. The van der Waals surface area contributed by atoms with E-state index in [1.165, 1.54) is 37.1 Å². The van der Waals surface area contributed by atoms with Crippen molar-refractivity contribution in [2.75, 3.05) is 25.0 Å². The average Bonchev–Trinajstić information content (AvgIpc) is 2.38. The molecule has 1 aromatic carbocycles. The number of piperidine rings is 1. The van der Waals surface area contributed by atoms with Gasteiger partial charge in [-0.15, -0.1) is 0 Å². The van der Waals surface area contributed by atoms with Crippen LogP contribution in [0.15, 0.2) is 24.3 Å². The predicted octanol–water partition coefficient (Wildman–Crippen LogP) is 2.98. The zero-order valence-corrected chi connectivity index (χ0v) is 10.1. The molecule has 0 amide bonds.